The van der Waals surface area contributed by atoms with Crippen LogP contribution in [-0.4, -0.2) is 55.2 Å². The van der Waals surface area contributed by atoms with E-state index in [0.717, 1.165) is 54.0 Å². The maximum absolute atomic E-state index is 13.0. The van der Waals surface area contributed by atoms with Gasteiger partial charge in [-0.15, -0.1) is 11.3 Å². The number of nitrogens with one attached hydrogen (secondary N) is 1. The van der Waals surface area contributed by atoms with Crippen LogP contribution in [0, 0.1) is 13.8 Å². The number of anilines is 1. The highest BCUT2D eigenvalue weighted by atomic mass is 32.1. The van der Waals surface area contributed by atoms with Crippen molar-refractivity contribution in [3.8, 4) is 10.9 Å². The zero-order valence-electron chi connectivity index (χ0n) is 17.1. The van der Waals surface area contributed by atoms with Crippen molar-refractivity contribution < 1.29 is 14.4 Å². The molecule has 0 atom stereocenters. The molecule has 0 aliphatic carbocycles. The van der Waals surface area contributed by atoms with Gasteiger partial charge in [-0.2, -0.15) is 0 Å². The van der Waals surface area contributed by atoms with Crippen LogP contribution in [0.1, 0.15) is 21.7 Å². The Kier molecular flexibility index (Phi) is 5.69. The fourth-order valence-corrected chi connectivity index (χ4v) is 4.79. The van der Waals surface area contributed by atoms with E-state index in [1.165, 1.54) is 10.6 Å². The molecule has 1 saturated heterocycles. The molecule has 1 fully saturated rings. The maximum Gasteiger partial charge on any atom is 0.218 e. The van der Waals surface area contributed by atoms with Crippen LogP contribution in [0.2, 0.25) is 0 Å². The van der Waals surface area contributed by atoms with E-state index in [2.05, 4.69) is 26.6 Å². The smallest absolute Gasteiger partial charge is 0.218 e. The Morgan fingerprint density at radius 2 is 1.93 bits per heavy atom. The Balaban J connectivity index is 1.38. The average molecular weight is 412 g/mol. The molecule has 29 heavy (non-hydrogen) atoms. The van der Waals surface area contributed by atoms with Crippen LogP contribution < -0.4 is 14.5 Å². The molecule has 4 rings (SSSR count). The Hall–Kier alpha value is -2.64. The van der Waals surface area contributed by atoms with Gasteiger partial charge in [0, 0.05) is 34.2 Å². The maximum atomic E-state index is 13.0. The molecule has 0 saturated carbocycles. The van der Waals surface area contributed by atoms with E-state index in [0.29, 0.717) is 6.54 Å². The van der Waals surface area contributed by atoms with Crippen LogP contribution >= 0.6 is 11.3 Å². The fourth-order valence-electron chi connectivity index (χ4n) is 4.04. The molecule has 0 spiro atoms. The molecule has 1 aliphatic heterocycles. The summed E-state index contributed by atoms with van der Waals surface area (Å²) in [6, 6.07) is 10.2. The quantitative estimate of drug-likeness (QED) is 0.632. The number of Topliss-reactive ketones (excluding diaryl/α,β-unsaturated/α-hetero) is 1. The number of aromatic nitrogens is 2. The first-order valence-corrected chi connectivity index (χ1v) is 10.8. The van der Waals surface area contributed by atoms with Gasteiger partial charge in [0.25, 0.3) is 0 Å². The highest BCUT2D eigenvalue weighted by Gasteiger charge is 2.25. The predicted molar refractivity (Wildman–Crippen MR) is 116 cm³/mol. The summed E-state index contributed by atoms with van der Waals surface area (Å²) in [5, 5.41) is 2.88. The minimum Gasteiger partial charge on any atom is -0.497 e. The van der Waals surface area contributed by atoms with Gasteiger partial charge < -0.3 is 14.5 Å². The van der Waals surface area contributed by atoms with Crippen LogP contribution in [0.15, 0.2) is 41.9 Å². The molecule has 152 valence electrons. The molecule has 0 radical (unpaired) electrons. The van der Waals surface area contributed by atoms with Crippen LogP contribution in [0.3, 0.4) is 0 Å². The van der Waals surface area contributed by atoms with Gasteiger partial charge in [-0.05, 0) is 44.2 Å². The van der Waals surface area contributed by atoms with Gasteiger partial charge in [0.1, 0.15) is 12.3 Å². The lowest BCUT2D eigenvalue weighted by molar-refractivity contribution is -0.892. The van der Waals surface area contributed by atoms with Gasteiger partial charge in [-0.3, -0.25) is 9.36 Å². The summed E-state index contributed by atoms with van der Waals surface area (Å²) < 4.78 is 7.32. The second kappa shape index (κ2) is 8.39. The standard InChI is InChI=1S/C22H26N4O2S/c1-16-14-20(17(2)26(16)22-23-8-13-29-22)21(27)15-24-9-11-25(12-10-24)18-4-6-19(28-3)7-5-18/h4-8,13-14H,9-12,15H2,1-3H3/p+1. The van der Waals surface area contributed by atoms with E-state index in [1.807, 2.05) is 37.4 Å². The number of benzene rings is 1. The van der Waals surface area contributed by atoms with Gasteiger partial charge in [-0.1, -0.05) is 0 Å². The minimum absolute atomic E-state index is 0.216. The molecule has 0 amide bonds. The normalized spacial score (nSPS) is 14.9. The van der Waals surface area contributed by atoms with Gasteiger partial charge >= 0.3 is 0 Å². The first-order valence-electron chi connectivity index (χ1n) is 9.91. The van der Waals surface area contributed by atoms with E-state index in [4.69, 9.17) is 4.74 Å². The summed E-state index contributed by atoms with van der Waals surface area (Å²) >= 11 is 1.59. The largest absolute Gasteiger partial charge is 0.497 e. The number of rotatable bonds is 6. The van der Waals surface area contributed by atoms with Crippen molar-refractivity contribution >= 4 is 22.8 Å². The van der Waals surface area contributed by atoms with Crippen molar-refractivity contribution in [1.82, 2.24) is 9.55 Å². The Labute approximate surface area is 175 Å². The molecular formula is C22H27N4O2S+. The molecule has 6 nitrogen and oxygen atoms in total. The Morgan fingerprint density at radius 1 is 1.21 bits per heavy atom. The third kappa shape index (κ3) is 4.06. The van der Waals surface area contributed by atoms with E-state index in [1.54, 1.807) is 24.6 Å². The number of carbonyl (C=O) groups is 1. The van der Waals surface area contributed by atoms with E-state index in [-0.39, 0.29) is 5.78 Å². The number of thiazole rings is 1. The second-order valence-corrected chi connectivity index (χ2v) is 8.34. The van der Waals surface area contributed by atoms with Crippen LogP contribution in [0.25, 0.3) is 5.13 Å². The van der Waals surface area contributed by atoms with Crippen molar-refractivity contribution in [3.63, 3.8) is 0 Å². The number of carbonyl (C=O) groups excluding carboxylic acids is 1. The van der Waals surface area contributed by atoms with Crippen molar-refractivity contribution in [2.75, 3.05) is 44.7 Å². The number of quaternary nitrogens is 1. The molecular weight excluding hydrogens is 384 g/mol. The molecule has 1 aliphatic rings. The van der Waals surface area contributed by atoms with Crippen molar-refractivity contribution in [1.29, 1.82) is 0 Å². The molecule has 1 aromatic carbocycles. The van der Waals surface area contributed by atoms with Crippen molar-refractivity contribution in [2.24, 2.45) is 0 Å². The fraction of sp³-hybridized carbons (Fsp3) is 0.364. The summed E-state index contributed by atoms with van der Waals surface area (Å²) in [4.78, 5) is 21.1. The third-order valence-corrected chi connectivity index (χ3v) is 6.42. The van der Waals surface area contributed by atoms with Gasteiger partial charge in [0.15, 0.2) is 5.13 Å². The molecule has 3 heterocycles. The number of hydrogen-bond donors (Lipinski definition) is 1. The minimum atomic E-state index is 0.216. The highest BCUT2D eigenvalue weighted by Crippen LogP contribution is 2.22. The number of hydrogen-bond acceptors (Lipinski definition) is 5. The number of piperazine rings is 1. The summed E-state index contributed by atoms with van der Waals surface area (Å²) in [6.45, 7) is 8.41. The molecule has 2 aromatic heterocycles. The van der Waals surface area contributed by atoms with E-state index in [9.17, 15) is 4.79 Å². The van der Waals surface area contributed by atoms with Gasteiger partial charge in [0.2, 0.25) is 5.78 Å². The molecule has 0 bridgehead atoms. The summed E-state index contributed by atoms with van der Waals surface area (Å²) in [6.07, 6.45) is 1.80. The molecule has 7 heteroatoms. The monoisotopic (exact) mass is 411 g/mol. The summed E-state index contributed by atoms with van der Waals surface area (Å²) in [5.74, 6) is 1.09. The average Bonchev–Trinajstić information content (AvgIpc) is 3.36. The Morgan fingerprint density at radius 3 is 2.55 bits per heavy atom. The van der Waals surface area contributed by atoms with E-state index < -0.39 is 0 Å². The lowest BCUT2D eigenvalue weighted by Crippen LogP contribution is -3.15. The van der Waals surface area contributed by atoms with Crippen LogP contribution in [-0.2, 0) is 0 Å². The lowest BCUT2D eigenvalue weighted by atomic mass is 10.1. The topological polar surface area (TPSA) is 51.8 Å². The van der Waals surface area contributed by atoms with Crippen molar-refractivity contribution in [2.45, 2.75) is 13.8 Å². The lowest BCUT2D eigenvalue weighted by Gasteiger charge is -2.33. The van der Waals surface area contributed by atoms with Gasteiger partial charge in [-0.25, -0.2) is 4.98 Å². The number of aryl methyl sites for hydroxylation is 1. The molecule has 1 N–H and O–H groups in total. The van der Waals surface area contributed by atoms with E-state index >= 15 is 0 Å². The summed E-state index contributed by atoms with van der Waals surface area (Å²) in [7, 11) is 1.68. The zero-order chi connectivity index (χ0) is 20.4. The zero-order valence-corrected chi connectivity index (χ0v) is 18.0. The number of ether oxygens (including phenoxy) is 1. The van der Waals surface area contributed by atoms with Crippen molar-refractivity contribution in [3.05, 3.63) is 58.9 Å². The number of ketones is 1. The highest BCUT2D eigenvalue weighted by molar-refractivity contribution is 7.12. The molecule has 3 aromatic rings. The first-order chi connectivity index (χ1) is 14.1. The Bertz CT molecular complexity index is 971. The molecule has 0 unspecified atom stereocenters. The SMILES string of the molecule is COc1ccc(N2CC[NH+](CC(=O)c3cc(C)n(-c4nccs4)c3C)CC2)cc1. The van der Waals surface area contributed by atoms with Crippen LogP contribution in [0.4, 0.5) is 5.69 Å². The summed E-state index contributed by atoms with van der Waals surface area (Å²) in [5.41, 5.74) is 4.07. The first kappa shape index (κ1) is 19.7. The number of methoxy groups -OCH3 is 1. The predicted octanol–water partition coefficient (Wildman–Crippen LogP) is 2.15. The third-order valence-electron chi connectivity index (χ3n) is 5.66. The van der Waals surface area contributed by atoms with Gasteiger partial charge in [0.05, 0.1) is 33.3 Å². The van der Waals surface area contributed by atoms with Crippen LogP contribution in [0.5, 0.6) is 5.75 Å². The number of nitrogens with zero attached hydrogens (tertiary/aromatic N) is 3. The second-order valence-electron chi connectivity index (χ2n) is 7.47.